The first kappa shape index (κ1) is 15.6. The van der Waals surface area contributed by atoms with Crippen molar-refractivity contribution in [3.8, 4) is 0 Å². The monoisotopic (exact) mass is 296 g/mol. The summed E-state index contributed by atoms with van der Waals surface area (Å²) in [5.74, 6) is 0. The third-order valence-corrected chi connectivity index (χ3v) is 3.69. The number of nitrogens with two attached hydrogens (primary N) is 1. The van der Waals surface area contributed by atoms with Crippen molar-refractivity contribution in [3.63, 3.8) is 0 Å². The third kappa shape index (κ3) is 4.02. The highest BCUT2D eigenvalue weighted by atomic mass is 32.2. The van der Waals surface area contributed by atoms with Crippen LogP contribution in [0.2, 0.25) is 0 Å². The predicted molar refractivity (Wildman–Crippen MR) is 67.9 cm³/mol. The fourth-order valence-corrected chi connectivity index (χ4v) is 2.55. The Kier molecular flexibility index (Phi) is 4.34. The maximum atomic E-state index is 12.4. The molecule has 0 aliphatic carbocycles. The van der Waals surface area contributed by atoms with E-state index in [-0.39, 0.29) is 22.8 Å². The summed E-state index contributed by atoms with van der Waals surface area (Å²) in [5, 5.41) is 0. The first-order valence-electron chi connectivity index (χ1n) is 5.46. The van der Waals surface area contributed by atoms with E-state index in [1.165, 1.54) is 25.1 Å². The van der Waals surface area contributed by atoms with Gasteiger partial charge < -0.3 is 10.6 Å². The molecule has 2 N–H and O–H groups in total. The number of sulfone groups is 1. The molecule has 1 aromatic rings. The highest BCUT2D eigenvalue weighted by Crippen LogP contribution is 2.31. The van der Waals surface area contributed by atoms with Crippen LogP contribution < -0.4 is 10.6 Å². The van der Waals surface area contributed by atoms with Gasteiger partial charge in [0.15, 0.2) is 9.84 Å². The fourth-order valence-electron chi connectivity index (χ4n) is 1.72. The number of nitrogen functional groups attached to an aromatic ring is 1. The second-order valence-electron chi connectivity index (χ2n) is 4.09. The molecule has 0 aromatic heterocycles. The Morgan fingerprint density at radius 1 is 1.32 bits per heavy atom. The lowest BCUT2D eigenvalue weighted by atomic mass is 10.2. The minimum atomic E-state index is -4.39. The van der Waals surface area contributed by atoms with Crippen LogP contribution in [0.5, 0.6) is 0 Å². The molecule has 1 aromatic carbocycles. The standard InChI is InChI=1S/C11H15F3N2O2S/c1-3-16(7-11(12,13)14)8-5-4-6-9(10(8)15)19(2,17)18/h4-6H,3,7,15H2,1-2H3. The lowest BCUT2D eigenvalue weighted by Gasteiger charge is -2.26. The van der Waals surface area contributed by atoms with Crippen molar-refractivity contribution in [2.75, 3.05) is 30.0 Å². The Balaban J connectivity index is 3.27. The summed E-state index contributed by atoms with van der Waals surface area (Å²) >= 11 is 0. The van der Waals surface area contributed by atoms with Gasteiger partial charge in [0.1, 0.15) is 6.54 Å². The number of nitrogens with zero attached hydrogens (tertiary/aromatic N) is 1. The number of halogens is 3. The van der Waals surface area contributed by atoms with Crippen molar-refractivity contribution >= 4 is 21.2 Å². The smallest absolute Gasteiger partial charge is 0.396 e. The van der Waals surface area contributed by atoms with Crippen LogP contribution in [0.4, 0.5) is 24.5 Å². The highest BCUT2D eigenvalue weighted by molar-refractivity contribution is 7.90. The summed E-state index contributed by atoms with van der Waals surface area (Å²) < 4.78 is 60.3. The fraction of sp³-hybridized carbons (Fsp3) is 0.455. The van der Waals surface area contributed by atoms with Crippen LogP contribution in [0.15, 0.2) is 23.1 Å². The Morgan fingerprint density at radius 3 is 2.32 bits per heavy atom. The van der Waals surface area contributed by atoms with Crippen molar-refractivity contribution in [1.29, 1.82) is 0 Å². The van der Waals surface area contributed by atoms with Gasteiger partial charge in [-0.2, -0.15) is 13.2 Å². The van der Waals surface area contributed by atoms with E-state index in [0.29, 0.717) is 0 Å². The second-order valence-corrected chi connectivity index (χ2v) is 6.07. The van der Waals surface area contributed by atoms with Gasteiger partial charge in [-0.15, -0.1) is 0 Å². The quantitative estimate of drug-likeness (QED) is 0.864. The zero-order valence-corrected chi connectivity index (χ0v) is 11.3. The van der Waals surface area contributed by atoms with Crippen LogP contribution in [0.3, 0.4) is 0 Å². The molecular formula is C11H15F3N2O2S. The summed E-state index contributed by atoms with van der Waals surface area (Å²) in [7, 11) is -3.57. The summed E-state index contributed by atoms with van der Waals surface area (Å²) in [6, 6.07) is 4.02. The molecule has 0 saturated heterocycles. The number of benzene rings is 1. The summed E-state index contributed by atoms with van der Waals surface area (Å²) in [5.41, 5.74) is 5.59. The maximum absolute atomic E-state index is 12.4. The number of alkyl halides is 3. The van der Waals surface area contributed by atoms with Crippen LogP contribution in [-0.2, 0) is 9.84 Å². The molecule has 0 fully saturated rings. The summed E-state index contributed by atoms with van der Waals surface area (Å²) in [4.78, 5) is 0.829. The van der Waals surface area contributed by atoms with Crippen LogP contribution in [0.1, 0.15) is 6.92 Å². The number of rotatable bonds is 4. The van der Waals surface area contributed by atoms with Gasteiger partial charge in [0.05, 0.1) is 16.3 Å². The number of anilines is 2. The number of para-hydroxylation sites is 1. The molecule has 0 saturated carbocycles. The average molecular weight is 296 g/mol. The number of hydrogen-bond acceptors (Lipinski definition) is 4. The molecule has 19 heavy (non-hydrogen) atoms. The van der Waals surface area contributed by atoms with Gasteiger partial charge in [-0.1, -0.05) is 6.07 Å². The van der Waals surface area contributed by atoms with E-state index >= 15 is 0 Å². The van der Waals surface area contributed by atoms with E-state index in [4.69, 9.17) is 5.73 Å². The first-order valence-corrected chi connectivity index (χ1v) is 7.35. The molecule has 0 radical (unpaired) electrons. The van der Waals surface area contributed by atoms with Gasteiger partial charge >= 0.3 is 6.18 Å². The predicted octanol–water partition coefficient (Wildman–Crippen LogP) is 2.06. The number of hydrogen-bond donors (Lipinski definition) is 1. The Morgan fingerprint density at radius 2 is 1.89 bits per heavy atom. The van der Waals surface area contributed by atoms with Gasteiger partial charge in [-0.25, -0.2) is 8.42 Å². The first-order chi connectivity index (χ1) is 8.56. The Labute approximate surface area is 109 Å². The van der Waals surface area contributed by atoms with Gasteiger partial charge in [0, 0.05) is 12.8 Å². The van der Waals surface area contributed by atoms with Crippen molar-refractivity contribution in [3.05, 3.63) is 18.2 Å². The van der Waals surface area contributed by atoms with Crippen molar-refractivity contribution in [2.24, 2.45) is 0 Å². The normalized spacial score (nSPS) is 12.5. The molecule has 0 amide bonds. The van der Waals surface area contributed by atoms with Gasteiger partial charge in [0.25, 0.3) is 0 Å². The molecule has 4 nitrogen and oxygen atoms in total. The molecule has 0 aliphatic heterocycles. The lowest BCUT2D eigenvalue weighted by Crippen LogP contribution is -2.34. The van der Waals surface area contributed by atoms with Crippen molar-refractivity contribution < 1.29 is 21.6 Å². The van der Waals surface area contributed by atoms with Gasteiger partial charge in [-0.3, -0.25) is 0 Å². The molecule has 108 valence electrons. The SMILES string of the molecule is CCN(CC(F)(F)F)c1cccc(S(C)(=O)=O)c1N. The van der Waals surface area contributed by atoms with E-state index < -0.39 is 22.6 Å². The van der Waals surface area contributed by atoms with E-state index in [0.717, 1.165) is 11.2 Å². The molecule has 1 rings (SSSR count). The van der Waals surface area contributed by atoms with Crippen LogP contribution in [0.25, 0.3) is 0 Å². The molecule has 0 atom stereocenters. The third-order valence-electron chi connectivity index (χ3n) is 2.54. The van der Waals surface area contributed by atoms with Crippen molar-refractivity contribution in [1.82, 2.24) is 0 Å². The van der Waals surface area contributed by atoms with Gasteiger partial charge in [0.2, 0.25) is 0 Å². The van der Waals surface area contributed by atoms with Gasteiger partial charge in [-0.05, 0) is 19.1 Å². The molecule has 0 heterocycles. The minimum Gasteiger partial charge on any atom is -0.396 e. The maximum Gasteiger partial charge on any atom is 0.405 e. The van der Waals surface area contributed by atoms with Crippen molar-refractivity contribution in [2.45, 2.75) is 18.0 Å². The van der Waals surface area contributed by atoms with E-state index in [2.05, 4.69) is 0 Å². The molecule has 0 unspecified atom stereocenters. The summed E-state index contributed by atoms with van der Waals surface area (Å²) in [6.07, 6.45) is -3.42. The van der Waals surface area contributed by atoms with E-state index in [9.17, 15) is 21.6 Å². The van der Waals surface area contributed by atoms with Crippen LogP contribution in [-0.4, -0.2) is 33.9 Å². The molecule has 0 spiro atoms. The zero-order valence-electron chi connectivity index (χ0n) is 10.5. The highest BCUT2D eigenvalue weighted by Gasteiger charge is 2.31. The minimum absolute atomic E-state index is 0.0664. The molecule has 8 heteroatoms. The molecule has 0 bridgehead atoms. The van der Waals surface area contributed by atoms with Crippen LogP contribution >= 0.6 is 0 Å². The molecular weight excluding hydrogens is 281 g/mol. The topological polar surface area (TPSA) is 63.4 Å². The Bertz CT molecular complexity index is 556. The summed E-state index contributed by atoms with van der Waals surface area (Å²) in [6.45, 7) is 0.427. The Hall–Kier alpha value is -1.44. The average Bonchev–Trinajstić information content (AvgIpc) is 2.23. The van der Waals surface area contributed by atoms with E-state index in [1.807, 2.05) is 0 Å². The second kappa shape index (κ2) is 5.28. The van der Waals surface area contributed by atoms with E-state index in [1.54, 1.807) is 0 Å². The largest absolute Gasteiger partial charge is 0.405 e. The lowest BCUT2D eigenvalue weighted by molar-refractivity contribution is -0.119. The van der Waals surface area contributed by atoms with Crippen LogP contribution in [0, 0.1) is 0 Å². The zero-order chi connectivity index (χ0) is 14.8. The molecule has 0 aliphatic rings.